The number of halogens is 3. The van der Waals surface area contributed by atoms with Gasteiger partial charge in [-0.1, -0.05) is 40.6 Å². The van der Waals surface area contributed by atoms with Crippen LogP contribution in [0.5, 0.6) is 0 Å². The summed E-state index contributed by atoms with van der Waals surface area (Å²) in [4.78, 5) is 17.1. The van der Waals surface area contributed by atoms with Crippen LogP contribution in [0.2, 0.25) is 10.0 Å². The van der Waals surface area contributed by atoms with E-state index in [9.17, 15) is 9.18 Å². The molecule has 0 radical (unpaired) electrons. The fraction of sp³-hybridized carbons (Fsp3) is 0.0588. The van der Waals surface area contributed by atoms with Gasteiger partial charge < -0.3 is 4.57 Å². The van der Waals surface area contributed by atoms with Crippen LogP contribution in [0.3, 0.4) is 0 Å². The van der Waals surface area contributed by atoms with Gasteiger partial charge in [-0.15, -0.1) is 6.58 Å². The molecule has 0 aliphatic heterocycles. The summed E-state index contributed by atoms with van der Waals surface area (Å²) in [6.07, 6.45) is 1.69. The molecule has 3 aromatic rings. The van der Waals surface area contributed by atoms with Gasteiger partial charge in [0.05, 0.1) is 20.8 Å². The second kappa shape index (κ2) is 6.89. The number of allylic oxidation sites excluding steroid dienone is 1. The number of fused-ring (bicyclic) bond motifs is 1. The lowest BCUT2D eigenvalue weighted by atomic mass is 10.2. The fourth-order valence-corrected chi connectivity index (χ4v) is 3.68. The topological polar surface area (TPSA) is 34.4 Å². The molecule has 1 heterocycles. The van der Waals surface area contributed by atoms with Crippen molar-refractivity contribution in [3.8, 4) is 0 Å². The second-order valence-corrected chi connectivity index (χ2v) is 6.79. The molecular formula is C17H11Cl2FN2OS. The van der Waals surface area contributed by atoms with Gasteiger partial charge in [0.2, 0.25) is 0 Å². The summed E-state index contributed by atoms with van der Waals surface area (Å²) in [6.45, 7) is 4.15. The molecule has 3 rings (SSSR count). The molecule has 0 unspecified atom stereocenters. The molecular weight excluding hydrogens is 370 g/mol. The largest absolute Gasteiger partial charge is 0.312 e. The lowest BCUT2D eigenvalue weighted by molar-refractivity contribution is 0.0998. The molecule has 0 saturated heterocycles. The zero-order valence-electron chi connectivity index (χ0n) is 12.3. The highest BCUT2D eigenvalue weighted by Crippen LogP contribution is 2.22. The van der Waals surface area contributed by atoms with Gasteiger partial charge in [-0.25, -0.2) is 4.39 Å². The third kappa shape index (κ3) is 3.29. The van der Waals surface area contributed by atoms with E-state index in [-0.39, 0.29) is 16.4 Å². The average Bonchev–Trinajstić information content (AvgIpc) is 2.86. The predicted molar refractivity (Wildman–Crippen MR) is 96.3 cm³/mol. The van der Waals surface area contributed by atoms with Crippen LogP contribution in [0.25, 0.3) is 10.2 Å². The van der Waals surface area contributed by atoms with Crippen molar-refractivity contribution in [3.63, 3.8) is 0 Å². The molecule has 1 aromatic heterocycles. The number of thiazole rings is 1. The minimum absolute atomic E-state index is 0.220. The Morgan fingerprint density at radius 3 is 2.83 bits per heavy atom. The van der Waals surface area contributed by atoms with Crippen LogP contribution in [-0.4, -0.2) is 10.5 Å². The highest BCUT2D eigenvalue weighted by molar-refractivity contribution is 7.16. The van der Waals surface area contributed by atoms with E-state index in [2.05, 4.69) is 11.6 Å². The van der Waals surface area contributed by atoms with Gasteiger partial charge in [0.25, 0.3) is 5.91 Å². The van der Waals surface area contributed by atoms with Crippen molar-refractivity contribution in [2.45, 2.75) is 6.54 Å². The van der Waals surface area contributed by atoms with E-state index in [0.717, 1.165) is 5.52 Å². The molecule has 1 amide bonds. The highest BCUT2D eigenvalue weighted by atomic mass is 35.5. The molecule has 24 heavy (non-hydrogen) atoms. The molecule has 0 spiro atoms. The van der Waals surface area contributed by atoms with Crippen LogP contribution < -0.4 is 4.80 Å². The summed E-state index contributed by atoms with van der Waals surface area (Å²) in [5, 5.41) is 0.672. The van der Waals surface area contributed by atoms with Crippen molar-refractivity contribution < 1.29 is 9.18 Å². The van der Waals surface area contributed by atoms with E-state index in [1.165, 1.54) is 29.5 Å². The fourth-order valence-electron chi connectivity index (χ4n) is 2.25. The minimum Gasteiger partial charge on any atom is -0.312 e. The van der Waals surface area contributed by atoms with Crippen molar-refractivity contribution >= 4 is 50.7 Å². The molecule has 0 bridgehead atoms. The first-order chi connectivity index (χ1) is 11.5. The Morgan fingerprint density at radius 1 is 1.29 bits per heavy atom. The molecule has 3 nitrogen and oxygen atoms in total. The number of rotatable bonds is 3. The van der Waals surface area contributed by atoms with Crippen LogP contribution in [-0.2, 0) is 6.54 Å². The van der Waals surface area contributed by atoms with E-state index in [1.807, 2.05) is 0 Å². The maximum atomic E-state index is 13.4. The Balaban J connectivity index is 2.18. The number of benzene rings is 2. The highest BCUT2D eigenvalue weighted by Gasteiger charge is 2.12. The van der Waals surface area contributed by atoms with Gasteiger partial charge in [-0.05, 0) is 36.4 Å². The Bertz CT molecular complexity index is 1020. The zero-order chi connectivity index (χ0) is 17.3. The van der Waals surface area contributed by atoms with E-state index >= 15 is 0 Å². The van der Waals surface area contributed by atoms with Crippen molar-refractivity contribution in [2.75, 3.05) is 0 Å². The number of nitrogens with zero attached hydrogens (tertiary/aromatic N) is 2. The van der Waals surface area contributed by atoms with Crippen molar-refractivity contribution in [3.05, 3.63) is 75.3 Å². The number of hydrogen-bond acceptors (Lipinski definition) is 2. The molecule has 0 saturated carbocycles. The molecule has 122 valence electrons. The Kier molecular flexibility index (Phi) is 4.85. The SMILES string of the molecule is C=CCn1c(=NC(=O)c2cc(Cl)ccc2Cl)sc2cc(F)ccc21. The minimum atomic E-state index is -0.507. The summed E-state index contributed by atoms with van der Waals surface area (Å²) in [7, 11) is 0. The maximum Gasteiger partial charge on any atom is 0.281 e. The predicted octanol–water partition coefficient (Wildman–Crippen LogP) is 5.08. The summed E-state index contributed by atoms with van der Waals surface area (Å²) < 4.78 is 15.9. The quantitative estimate of drug-likeness (QED) is 0.583. The third-order valence-electron chi connectivity index (χ3n) is 3.31. The first kappa shape index (κ1) is 16.9. The van der Waals surface area contributed by atoms with E-state index in [1.54, 1.807) is 28.8 Å². The van der Waals surface area contributed by atoms with Crippen LogP contribution in [0.15, 0.2) is 54.0 Å². The van der Waals surface area contributed by atoms with Crippen LogP contribution in [0.1, 0.15) is 10.4 Å². The van der Waals surface area contributed by atoms with E-state index in [0.29, 0.717) is 21.1 Å². The van der Waals surface area contributed by atoms with Crippen molar-refractivity contribution in [1.29, 1.82) is 0 Å². The Morgan fingerprint density at radius 2 is 2.08 bits per heavy atom. The normalized spacial score (nSPS) is 11.9. The first-order valence-electron chi connectivity index (χ1n) is 6.93. The van der Waals surface area contributed by atoms with E-state index < -0.39 is 5.91 Å². The number of hydrogen-bond donors (Lipinski definition) is 0. The number of amides is 1. The standard InChI is InChI=1S/C17H11Cl2FN2OS/c1-2-7-22-14-6-4-11(20)9-15(14)24-17(22)21-16(23)12-8-10(18)3-5-13(12)19/h2-6,8-9H,1,7H2. The van der Waals surface area contributed by atoms with Gasteiger partial charge >= 0.3 is 0 Å². The Labute approximate surface area is 151 Å². The van der Waals surface area contributed by atoms with E-state index in [4.69, 9.17) is 23.2 Å². The summed E-state index contributed by atoms with van der Waals surface area (Å²) in [5.74, 6) is -0.849. The summed E-state index contributed by atoms with van der Waals surface area (Å²) >= 11 is 13.2. The van der Waals surface area contributed by atoms with Gasteiger partial charge in [0.15, 0.2) is 4.80 Å². The monoisotopic (exact) mass is 380 g/mol. The second-order valence-electron chi connectivity index (χ2n) is 4.94. The first-order valence-corrected chi connectivity index (χ1v) is 8.50. The smallest absolute Gasteiger partial charge is 0.281 e. The van der Waals surface area contributed by atoms with Gasteiger partial charge in [-0.2, -0.15) is 4.99 Å². The molecule has 0 N–H and O–H groups in total. The maximum absolute atomic E-state index is 13.4. The lowest BCUT2D eigenvalue weighted by Gasteiger charge is -2.02. The molecule has 0 fully saturated rings. The van der Waals surface area contributed by atoms with Crippen molar-refractivity contribution in [2.24, 2.45) is 4.99 Å². The van der Waals surface area contributed by atoms with Gasteiger partial charge in [0.1, 0.15) is 5.82 Å². The number of carbonyl (C=O) groups is 1. The summed E-state index contributed by atoms with van der Waals surface area (Å²) in [6, 6.07) is 9.05. The summed E-state index contributed by atoms with van der Waals surface area (Å²) in [5.41, 5.74) is 1.00. The van der Waals surface area contributed by atoms with Gasteiger partial charge in [0, 0.05) is 11.6 Å². The van der Waals surface area contributed by atoms with Gasteiger partial charge in [-0.3, -0.25) is 4.79 Å². The molecule has 7 heteroatoms. The van der Waals surface area contributed by atoms with Crippen LogP contribution in [0.4, 0.5) is 4.39 Å². The molecule has 0 atom stereocenters. The zero-order valence-corrected chi connectivity index (χ0v) is 14.6. The third-order valence-corrected chi connectivity index (χ3v) is 4.92. The van der Waals surface area contributed by atoms with Crippen molar-refractivity contribution in [1.82, 2.24) is 4.57 Å². The molecule has 2 aromatic carbocycles. The Hall–Kier alpha value is -1.95. The molecule has 0 aliphatic carbocycles. The van der Waals surface area contributed by atoms with Crippen LogP contribution in [0, 0.1) is 5.82 Å². The molecule has 0 aliphatic rings. The number of carbonyl (C=O) groups excluding carboxylic acids is 1. The van der Waals surface area contributed by atoms with Crippen LogP contribution >= 0.6 is 34.5 Å². The number of aromatic nitrogens is 1. The lowest BCUT2D eigenvalue weighted by Crippen LogP contribution is -2.16. The average molecular weight is 381 g/mol.